The van der Waals surface area contributed by atoms with Crippen LogP contribution in [0.25, 0.3) is 0 Å². The molecule has 0 aliphatic heterocycles. The van der Waals surface area contributed by atoms with E-state index in [1.807, 2.05) is 12.1 Å². The monoisotopic (exact) mass is 326 g/mol. The molecule has 0 bridgehead atoms. The molecule has 0 spiro atoms. The van der Waals surface area contributed by atoms with Crippen LogP contribution >= 0.6 is 15.9 Å². The summed E-state index contributed by atoms with van der Waals surface area (Å²) in [6.45, 7) is 6.60. The van der Waals surface area contributed by atoms with Crippen LogP contribution in [-0.2, 0) is 4.79 Å². The fourth-order valence-electron chi connectivity index (χ4n) is 1.89. The van der Waals surface area contributed by atoms with Crippen LogP contribution in [0.3, 0.4) is 0 Å². The summed E-state index contributed by atoms with van der Waals surface area (Å²) in [5, 5.41) is 6.27. The molecule has 2 N–H and O–H groups in total. The van der Waals surface area contributed by atoms with Crippen LogP contribution in [0.15, 0.2) is 28.7 Å². The number of hydrogen-bond donors (Lipinski definition) is 2. The van der Waals surface area contributed by atoms with Crippen LogP contribution in [0.4, 0.5) is 0 Å². The summed E-state index contributed by atoms with van der Waals surface area (Å²) in [5.41, 5.74) is 1.18. The van der Waals surface area contributed by atoms with Crippen molar-refractivity contribution >= 4 is 21.8 Å². The van der Waals surface area contributed by atoms with E-state index in [1.165, 1.54) is 5.56 Å². The van der Waals surface area contributed by atoms with Crippen molar-refractivity contribution in [2.45, 2.75) is 45.7 Å². The highest BCUT2D eigenvalue weighted by Gasteiger charge is 2.10. The first kappa shape index (κ1) is 16.2. The van der Waals surface area contributed by atoms with Gasteiger partial charge in [0.15, 0.2) is 0 Å². The zero-order valence-electron chi connectivity index (χ0n) is 11.9. The smallest absolute Gasteiger partial charge is 0.234 e. The summed E-state index contributed by atoms with van der Waals surface area (Å²) in [4.78, 5) is 11.8. The Balaban J connectivity index is 2.39. The summed E-state index contributed by atoms with van der Waals surface area (Å²) >= 11 is 3.42. The Labute approximate surface area is 124 Å². The average molecular weight is 327 g/mol. The summed E-state index contributed by atoms with van der Waals surface area (Å²) in [7, 11) is 0. The predicted molar refractivity (Wildman–Crippen MR) is 83.1 cm³/mol. The van der Waals surface area contributed by atoms with Gasteiger partial charge >= 0.3 is 0 Å². The highest BCUT2D eigenvalue weighted by Crippen LogP contribution is 2.16. The van der Waals surface area contributed by atoms with Gasteiger partial charge in [-0.2, -0.15) is 0 Å². The van der Waals surface area contributed by atoms with Crippen LogP contribution in [-0.4, -0.2) is 18.5 Å². The Bertz CT molecular complexity index is 388. The van der Waals surface area contributed by atoms with Gasteiger partial charge in [-0.1, -0.05) is 41.9 Å². The van der Waals surface area contributed by atoms with Gasteiger partial charge < -0.3 is 10.6 Å². The number of benzene rings is 1. The third-order valence-corrected chi connectivity index (χ3v) is 3.82. The number of nitrogens with one attached hydrogen (secondary N) is 2. The summed E-state index contributed by atoms with van der Waals surface area (Å²) in [6, 6.07) is 8.59. The van der Waals surface area contributed by atoms with E-state index in [4.69, 9.17) is 0 Å². The minimum atomic E-state index is 0.0673. The molecule has 0 aliphatic rings. The van der Waals surface area contributed by atoms with Gasteiger partial charge in [0.1, 0.15) is 0 Å². The quantitative estimate of drug-likeness (QED) is 0.806. The highest BCUT2D eigenvalue weighted by molar-refractivity contribution is 9.10. The Morgan fingerprint density at radius 3 is 2.32 bits per heavy atom. The zero-order chi connectivity index (χ0) is 14.3. The van der Waals surface area contributed by atoms with Gasteiger partial charge in [0.05, 0.1) is 6.54 Å². The maximum Gasteiger partial charge on any atom is 0.234 e. The largest absolute Gasteiger partial charge is 0.352 e. The summed E-state index contributed by atoms with van der Waals surface area (Å²) in [5.74, 6) is 0.0673. The van der Waals surface area contributed by atoms with Gasteiger partial charge in [-0.05, 0) is 37.5 Å². The molecule has 0 fully saturated rings. The van der Waals surface area contributed by atoms with Crippen molar-refractivity contribution in [3.05, 3.63) is 34.3 Å². The number of hydrogen-bond acceptors (Lipinski definition) is 2. The maximum absolute atomic E-state index is 11.8. The molecule has 19 heavy (non-hydrogen) atoms. The Kier molecular flexibility index (Phi) is 7.10. The van der Waals surface area contributed by atoms with Crippen molar-refractivity contribution in [1.29, 1.82) is 0 Å². The molecular weight excluding hydrogens is 304 g/mol. The van der Waals surface area contributed by atoms with Crippen molar-refractivity contribution in [3.63, 3.8) is 0 Å². The number of carbonyl (C=O) groups excluding carboxylic acids is 1. The van der Waals surface area contributed by atoms with E-state index in [9.17, 15) is 4.79 Å². The third kappa shape index (κ3) is 5.74. The fraction of sp³-hybridized carbons (Fsp3) is 0.533. The fourth-order valence-corrected chi connectivity index (χ4v) is 2.15. The molecule has 0 radical (unpaired) electrons. The number of halogens is 1. The molecule has 0 aromatic heterocycles. The van der Waals surface area contributed by atoms with E-state index in [0.717, 1.165) is 17.3 Å². The van der Waals surface area contributed by atoms with Crippen molar-refractivity contribution in [1.82, 2.24) is 10.6 Å². The van der Waals surface area contributed by atoms with Crippen LogP contribution < -0.4 is 10.6 Å². The normalized spacial score (nSPS) is 12.5. The molecule has 0 saturated carbocycles. The molecule has 1 aromatic carbocycles. The molecule has 1 amide bonds. The second-order valence-corrected chi connectivity index (χ2v) is 5.65. The highest BCUT2D eigenvalue weighted by atomic mass is 79.9. The van der Waals surface area contributed by atoms with Gasteiger partial charge in [-0.3, -0.25) is 4.79 Å². The van der Waals surface area contributed by atoms with Crippen molar-refractivity contribution < 1.29 is 4.79 Å². The molecule has 1 atom stereocenters. The van der Waals surface area contributed by atoms with Gasteiger partial charge in [0, 0.05) is 16.6 Å². The Hall–Kier alpha value is -0.870. The SMILES string of the molecule is CCC(CC)NC(=O)CN[C@H](C)c1ccc(Br)cc1. The molecule has 106 valence electrons. The van der Waals surface area contributed by atoms with E-state index in [1.54, 1.807) is 0 Å². The lowest BCUT2D eigenvalue weighted by Crippen LogP contribution is -2.40. The van der Waals surface area contributed by atoms with E-state index < -0.39 is 0 Å². The van der Waals surface area contributed by atoms with Crippen molar-refractivity contribution in [2.24, 2.45) is 0 Å². The Morgan fingerprint density at radius 2 is 1.79 bits per heavy atom. The molecule has 0 heterocycles. The molecule has 4 heteroatoms. The molecule has 1 rings (SSSR count). The molecule has 0 unspecified atom stereocenters. The van der Waals surface area contributed by atoms with E-state index in [-0.39, 0.29) is 18.0 Å². The average Bonchev–Trinajstić information content (AvgIpc) is 2.43. The number of carbonyl (C=O) groups is 1. The van der Waals surface area contributed by atoms with E-state index >= 15 is 0 Å². The van der Waals surface area contributed by atoms with Gasteiger partial charge in [-0.15, -0.1) is 0 Å². The molecule has 3 nitrogen and oxygen atoms in total. The predicted octanol–water partition coefficient (Wildman–Crippen LogP) is 3.40. The van der Waals surface area contributed by atoms with Gasteiger partial charge in [-0.25, -0.2) is 0 Å². The lowest BCUT2D eigenvalue weighted by Gasteiger charge is -2.17. The molecule has 0 aliphatic carbocycles. The van der Waals surface area contributed by atoms with Crippen LogP contribution in [0.2, 0.25) is 0 Å². The van der Waals surface area contributed by atoms with Gasteiger partial charge in [0.2, 0.25) is 5.91 Å². The summed E-state index contributed by atoms with van der Waals surface area (Å²) in [6.07, 6.45) is 1.95. The minimum Gasteiger partial charge on any atom is -0.352 e. The van der Waals surface area contributed by atoms with Crippen LogP contribution in [0.5, 0.6) is 0 Å². The molecule has 0 saturated heterocycles. The standard InChI is InChI=1S/C15H23BrN2O/c1-4-14(5-2)18-15(19)10-17-11(3)12-6-8-13(16)9-7-12/h6-9,11,14,17H,4-5,10H2,1-3H3,(H,18,19)/t11-/m1/s1. The molecule has 1 aromatic rings. The first-order valence-corrected chi connectivity index (χ1v) is 7.64. The molecular formula is C15H23BrN2O. The van der Waals surface area contributed by atoms with Gasteiger partial charge in [0.25, 0.3) is 0 Å². The summed E-state index contributed by atoms with van der Waals surface area (Å²) < 4.78 is 1.06. The van der Waals surface area contributed by atoms with Crippen molar-refractivity contribution in [3.8, 4) is 0 Å². The van der Waals surface area contributed by atoms with Crippen LogP contribution in [0, 0.1) is 0 Å². The van der Waals surface area contributed by atoms with Crippen molar-refractivity contribution in [2.75, 3.05) is 6.54 Å². The van der Waals surface area contributed by atoms with Crippen LogP contribution in [0.1, 0.15) is 45.2 Å². The van der Waals surface area contributed by atoms with E-state index in [2.05, 4.69) is 59.5 Å². The second kappa shape index (κ2) is 8.33. The minimum absolute atomic E-state index is 0.0673. The lowest BCUT2D eigenvalue weighted by molar-refractivity contribution is -0.121. The van der Waals surface area contributed by atoms with E-state index in [0.29, 0.717) is 6.54 Å². The first-order valence-electron chi connectivity index (χ1n) is 6.85. The Morgan fingerprint density at radius 1 is 1.21 bits per heavy atom. The maximum atomic E-state index is 11.8. The number of rotatable bonds is 7. The first-order chi connectivity index (χ1) is 9.06. The third-order valence-electron chi connectivity index (χ3n) is 3.29. The zero-order valence-corrected chi connectivity index (χ0v) is 13.5. The second-order valence-electron chi connectivity index (χ2n) is 4.74. The number of amides is 1. The topological polar surface area (TPSA) is 41.1 Å². The lowest BCUT2D eigenvalue weighted by atomic mass is 10.1.